The van der Waals surface area contributed by atoms with Crippen LogP contribution in [-0.2, 0) is 6.18 Å². The summed E-state index contributed by atoms with van der Waals surface area (Å²) in [6, 6.07) is 7.47. The van der Waals surface area contributed by atoms with E-state index in [2.05, 4.69) is 20.3 Å². The average Bonchev–Trinajstić information content (AvgIpc) is 2.87. The van der Waals surface area contributed by atoms with Crippen LogP contribution in [0.5, 0.6) is 0 Å². The van der Waals surface area contributed by atoms with Gasteiger partial charge in [0.15, 0.2) is 0 Å². The van der Waals surface area contributed by atoms with Crippen LogP contribution in [-0.4, -0.2) is 26.0 Å². The fourth-order valence-corrected chi connectivity index (χ4v) is 2.27. The maximum absolute atomic E-state index is 13.0. The predicted molar refractivity (Wildman–Crippen MR) is 80.3 cm³/mol. The number of fused-ring (bicyclic) bond motifs is 1. The van der Waals surface area contributed by atoms with Crippen molar-refractivity contribution in [3.63, 3.8) is 0 Å². The molecule has 0 aliphatic rings. The second-order valence-electron chi connectivity index (χ2n) is 5.08. The number of aryl methyl sites for hydroxylation is 1. The number of nitrogens with one attached hydrogen (secondary N) is 2. The fourth-order valence-electron chi connectivity index (χ4n) is 2.27. The number of carbonyl (C=O) groups is 1. The summed E-state index contributed by atoms with van der Waals surface area (Å²) in [4.78, 5) is 21.0. The summed E-state index contributed by atoms with van der Waals surface area (Å²) in [6.07, 6.45) is -4.73. The summed E-state index contributed by atoms with van der Waals surface area (Å²) in [7, 11) is 0. The summed E-state index contributed by atoms with van der Waals surface area (Å²) in [5, 5.41) is 12.2. The number of benzene rings is 1. The van der Waals surface area contributed by atoms with E-state index in [1.807, 2.05) is 0 Å². The minimum Gasteiger partial charge on any atom is -0.478 e. The number of aromatic carboxylic acids is 1. The molecule has 0 atom stereocenters. The number of hydrogen-bond donors (Lipinski definition) is 3. The van der Waals surface area contributed by atoms with Gasteiger partial charge in [-0.3, -0.25) is 0 Å². The van der Waals surface area contributed by atoms with Gasteiger partial charge in [-0.15, -0.1) is 0 Å². The van der Waals surface area contributed by atoms with Crippen molar-refractivity contribution in [3.8, 4) is 0 Å². The van der Waals surface area contributed by atoms with Crippen LogP contribution in [0.1, 0.15) is 21.9 Å². The van der Waals surface area contributed by atoms with Gasteiger partial charge in [-0.2, -0.15) is 13.2 Å². The number of aromatic amines is 1. The standard InChI is InChI=1S/C15H11F3N4O2/c1-7-6-9-11(19-7)21-14(15(16,17)18)22-12(9)20-10-5-3-2-4-8(10)13(23)24/h2-6H,1H3,(H,23,24)(H2,19,20,21,22). The number of carboxylic acid groups (broad SMARTS) is 1. The molecule has 2 aromatic heterocycles. The molecule has 0 aliphatic heterocycles. The highest BCUT2D eigenvalue weighted by atomic mass is 19.4. The molecule has 3 aromatic rings. The van der Waals surface area contributed by atoms with Gasteiger partial charge in [-0.05, 0) is 25.1 Å². The number of halogens is 3. The van der Waals surface area contributed by atoms with Crippen molar-refractivity contribution < 1.29 is 23.1 Å². The Kier molecular flexibility index (Phi) is 3.63. The molecule has 0 spiro atoms. The Morgan fingerprint density at radius 1 is 1.25 bits per heavy atom. The second-order valence-corrected chi connectivity index (χ2v) is 5.08. The zero-order valence-corrected chi connectivity index (χ0v) is 12.3. The van der Waals surface area contributed by atoms with Gasteiger partial charge in [0.25, 0.3) is 0 Å². The van der Waals surface area contributed by atoms with Crippen molar-refractivity contribution in [2.24, 2.45) is 0 Å². The SMILES string of the molecule is Cc1cc2c(Nc3ccccc3C(=O)O)nc(C(F)(F)F)nc2[nH]1. The lowest BCUT2D eigenvalue weighted by atomic mass is 10.2. The maximum Gasteiger partial charge on any atom is 0.451 e. The summed E-state index contributed by atoms with van der Waals surface area (Å²) < 4.78 is 39.0. The Bertz CT molecular complexity index is 934. The first kappa shape index (κ1) is 15.8. The van der Waals surface area contributed by atoms with Crippen molar-refractivity contribution in [3.05, 3.63) is 47.4 Å². The zero-order valence-electron chi connectivity index (χ0n) is 12.3. The molecule has 24 heavy (non-hydrogen) atoms. The Morgan fingerprint density at radius 2 is 1.96 bits per heavy atom. The highest BCUT2D eigenvalue weighted by Gasteiger charge is 2.36. The lowest BCUT2D eigenvalue weighted by Crippen LogP contribution is -2.13. The Hall–Kier alpha value is -3.10. The number of carboxylic acids is 1. The third kappa shape index (κ3) is 2.87. The number of hydrogen-bond acceptors (Lipinski definition) is 4. The van der Waals surface area contributed by atoms with E-state index in [1.54, 1.807) is 19.1 Å². The fraction of sp³-hybridized carbons (Fsp3) is 0.133. The number of rotatable bonds is 3. The van der Waals surface area contributed by atoms with E-state index in [9.17, 15) is 23.1 Å². The van der Waals surface area contributed by atoms with Crippen molar-refractivity contribution in [1.29, 1.82) is 0 Å². The van der Waals surface area contributed by atoms with Crippen LogP contribution in [0.3, 0.4) is 0 Å². The molecule has 3 rings (SSSR count). The molecule has 9 heteroatoms. The number of H-pyrrole nitrogens is 1. The first-order valence-electron chi connectivity index (χ1n) is 6.79. The topological polar surface area (TPSA) is 90.9 Å². The molecule has 0 saturated heterocycles. The lowest BCUT2D eigenvalue weighted by Gasteiger charge is -2.12. The monoisotopic (exact) mass is 336 g/mol. The molecule has 124 valence electrons. The van der Waals surface area contributed by atoms with E-state index in [4.69, 9.17) is 0 Å². The van der Waals surface area contributed by atoms with E-state index < -0.39 is 18.0 Å². The van der Waals surface area contributed by atoms with Gasteiger partial charge in [0.2, 0.25) is 5.82 Å². The third-order valence-electron chi connectivity index (χ3n) is 3.29. The minimum atomic E-state index is -4.73. The Balaban J connectivity index is 2.17. The van der Waals surface area contributed by atoms with Crippen LogP contribution < -0.4 is 5.32 Å². The van der Waals surface area contributed by atoms with Crippen molar-refractivity contribution in [2.45, 2.75) is 13.1 Å². The van der Waals surface area contributed by atoms with Gasteiger partial charge >= 0.3 is 12.1 Å². The van der Waals surface area contributed by atoms with Crippen LogP contribution >= 0.6 is 0 Å². The molecule has 0 bridgehead atoms. The van der Waals surface area contributed by atoms with Gasteiger partial charge in [0, 0.05) is 5.69 Å². The van der Waals surface area contributed by atoms with Crippen LogP contribution in [0.15, 0.2) is 30.3 Å². The van der Waals surface area contributed by atoms with Gasteiger partial charge < -0.3 is 15.4 Å². The Labute approximate surface area is 133 Å². The van der Waals surface area contributed by atoms with Crippen molar-refractivity contribution >= 4 is 28.5 Å². The molecule has 0 fully saturated rings. The van der Waals surface area contributed by atoms with Crippen molar-refractivity contribution in [2.75, 3.05) is 5.32 Å². The van der Waals surface area contributed by atoms with Crippen LogP contribution in [0.2, 0.25) is 0 Å². The van der Waals surface area contributed by atoms with Crippen LogP contribution in [0.4, 0.5) is 24.7 Å². The predicted octanol–water partition coefficient (Wildman–Crippen LogP) is 3.73. The number of nitrogens with zero attached hydrogens (tertiary/aromatic N) is 2. The van der Waals surface area contributed by atoms with E-state index in [0.717, 1.165) is 0 Å². The second kappa shape index (κ2) is 5.52. The Morgan fingerprint density at radius 3 is 2.62 bits per heavy atom. The normalized spacial score (nSPS) is 11.7. The van der Waals surface area contributed by atoms with E-state index >= 15 is 0 Å². The number of aromatic nitrogens is 3. The van der Waals surface area contributed by atoms with Crippen LogP contribution in [0.25, 0.3) is 11.0 Å². The maximum atomic E-state index is 13.0. The highest BCUT2D eigenvalue weighted by Crippen LogP contribution is 2.32. The summed E-state index contributed by atoms with van der Waals surface area (Å²) in [5.41, 5.74) is 0.681. The quantitative estimate of drug-likeness (QED) is 0.678. The smallest absolute Gasteiger partial charge is 0.451 e. The number of anilines is 2. The molecule has 0 radical (unpaired) electrons. The molecule has 0 unspecified atom stereocenters. The van der Waals surface area contributed by atoms with Gasteiger partial charge in [-0.1, -0.05) is 12.1 Å². The van der Waals surface area contributed by atoms with E-state index in [-0.39, 0.29) is 22.7 Å². The van der Waals surface area contributed by atoms with E-state index in [1.165, 1.54) is 18.2 Å². The van der Waals surface area contributed by atoms with Gasteiger partial charge in [-0.25, -0.2) is 14.8 Å². The largest absolute Gasteiger partial charge is 0.478 e. The van der Waals surface area contributed by atoms with Gasteiger partial charge in [0.1, 0.15) is 11.5 Å². The van der Waals surface area contributed by atoms with Crippen LogP contribution in [0, 0.1) is 6.92 Å². The molecule has 0 amide bonds. The molecule has 6 nitrogen and oxygen atoms in total. The highest BCUT2D eigenvalue weighted by molar-refractivity contribution is 5.97. The molecular weight excluding hydrogens is 325 g/mol. The molecule has 2 heterocycles. The third-order valence-corrected chi connectivity index (χ3v) is 3.29. The zero-order chi connectivity index (χ0) is 17.5. The molecule has 1 aromatic carbocycles. The summed E-state index contributed by atoms with van der Waals surface area (Å²) in [5.74, 6) is -2.64. The molecule has 3 N–H and O–H groups in total. The molecule has 0 saturated carbocycles. The summed E-state index contributed by atoms with van der Waals surface area (Å²) in [6.45, 7) is 1.67. The first-order valence-corrected chi connectivity index (χ1v) is 6.79. The molecule has 0 aliphatic carbocycles. The minimum absolute atomic E-state index is 0.0186. The van der Waals surface area contributed by atoms with Crippen molar-refractivity contribution in [1.82, 2.24) is 15.0 Å². The van der Waals surface area contributed by atoms with Gasteiger partial charge in [0.05, 0.1) is 16.6 Å². The lowest BCUT2D eigenvalue weighted by molar-refractivity contribution is -0.144. The summed E-state index contributed by atoms with van der Waals surface area (Å²) >= 11 is 0. The average molecular weight is 336 g/mol. The first-order chi connectivity index (χ1) is 11.3. The number of para-hydroxylation sites is 1. The molecular formula is C15H11F3N4O2. The number of alkyl halides is 3. The van der Waals surface area contributed by atoms with E-state index in [0.29, 0.717) is 11.1 Å².